The van der Waals surface area contributed by atoms with Crippen LogP contribution in [0.1, 0.15) is 0 Å². The molecule has 0 radical (unpaired) electrons. The van der Waals surface area contributed by atoms with Crippen LogP contribution in [-0.2, 0) is 4.57 Å². The van der Waals surface area contributed by atoms with E-state index in [4.69, 9.17) is 11.6 Å². The zero-order chi connectivity index (χ0) is 12.1. The first-order chi connectivity index (χ1) is 8.27. The third kappa shape index (κ3) is 2.44. The summed E-state index contributed by atoms with van der Waals surface area (Å²) in [6, 6.07) is 18.4. The first-order valence-corrected chi connectivity index (χ1v) is 7.20. The maximum Gasteiger partial charge on any atom is 0.211 e. The third-order valence-electron chi connectivity index (χ3n) is 2.44. The highest BCUT2D eigenvalue weighted by Crippen LogP contribution is 2.41. The van der Waals surface area contributed by atoms with E-state index in [-0.39, 0.29) is 0 Å². The molecule has 0 bridgehead atoms. The standard InChI is InChI=1S/C14H10ClOP/c15-11-12-17(16,13-7-3-1-4-8-13)14-9-5-2-6-10-14/h1-10H. The SMILES string of the molecule is O=P(C#CCl)(c1ccccc1)c1ccccc1. The van der Waals surface area contributed by atoms with Crippen LogP contribution in [0.2, 0.25) is 0 Å². The van der Waals surface area contributed by atoms with Crippen LogP contribution in [0, 0.1) is 11.0 Å². The average Bonchev–Trinajstić information content (AvgIpc) is 2.41. The van der Waals surface area contributed by atoms with E-state index in [9.17, 15) is 4.57 Å². The Hall–Kier alpha value is -1.48. The van der Waals surface area contributed by atoms with Crippen molar-refractivity contribution in [2.24, 2.45) is 0 Å². The molecule has 2 aromatic carbocycles. The Morgan fingerprint density at radius 3 is 1.59 bits per heavy atom. The summed E-state index contributed by atoms with van der Waals surface area (Å²) in [5.41, 5.74) is 2.66. The molecule has 0 saturated carbocycles. The molecule has 0 saturated heterocycles. The van der Waals surface area contributed by atoms with E-state index in [0.29, 0.717) is 10.6 Å². The Labute approximate surface area is 106 Å². The summed E-state index contributed by atoms with van der Waals surface area (Å²) >= 11 is 5.45. The van der Waals surface area contributed by atoms with Crippen molar-refractivity contribution < 1.29 is 4.57 Å². The van der Waals surface area contributed by atoms with Gasteiger partial charge >= 0.3 is 0 Å². The molecule has 17 heavy (non-hydrogen) atoms. The Balaban J connectivity index is 2.63. The van der Waals surface area contributed by atoms with Gasteiger partial charge in [0.05, 0.1) is 0 Å². The number of hydrogen-bond donors (Lipinski definition) is 0. The quantitative estimate of drug-likeness (QED) is 0.599. The highest BCUT2D eigenvalue weighted by molar-refractivity contribution is 7.83. The molecular weight excluding hydrogens is 251 g/mol. The molecule has 0 aromatic heterocycles. The molecule has 0 unspecified atom stereocenters. The minimum absolute atomic E-state index is 0.708. The first kappa shape index (κ1) is 12.0. The number of halogens is 1. The highest BCUT2D eigenvalue weighted by atomic mass is 35.5. The Bertz CT molecular complexity index is 553. The van der Waals surface area contributed by atoms with E-state index in [1.807, 2.05) is 60.7 Å². The largest absolute Gasteiger partial charge is 0.300 e. The van der Waals surface area contributed by atoms with Gasteiger partial charge in [0.2, 0.25) is 7.14 Å². The zero-order valence-electron chi connectivity index (χ0n) is 9.01. The van der Waals surface area contributed by atoms with Gasteiger partial charge < -0.3 is 0 Å². The average molecular weight is 261 g/mol. The topological polar surface area (TPSA) is 17.1 Å². The lowest BCUT2D eigenvalue weighted by Gasteiger charge is -2.12. The third-order valence-corrected chi connectivity index (χ3v) is 5.14. The molecule has 0 aliphatic rings. The molecule has 0 aliphatic heterocycles. The molecule has 0 fully saturated rings. The highest BCUT2D eigenvalue weighted by Gasteiger charge is 2.24. The summed E-state index contributed by atoms with van der Waals surface area (Å²) < 4.78 is 13.0. The second-order valence-electron chi connectivity index (χ2n) is 3.49. The maximum atomic E-state index is 13.0. The van der Waals surface area contributed by atoms with E-state index < -0.39 is 7.14 Å². The van der Waals surface area contributed by atoms with Crippen molar-refractivity contribution in [3.8, 4) is 11.0 Å². The van der Waals surface area contributed by atoms with E-state index >= 15 is 0 Å². The van der Waals surface area contributed by atoms with Crippen LogP contribution in [0.3, 0.4) is 0 Å². The predicted molar refractivity (Wildman–Crippen MR) is 73.4 cm³/mol. The molecule has 3 heteroatoms. The zero-order valence-corrected chi connectivity index (χ0v) is 10.7. The summed E-state index contributed by atoms with van der Waals surface area (Å²) in [7, 11) is -2.92. The second kappa shape index (κ2) is 5.23. The molecule has 0 spiro atoms. The van der Waals surface area contributed by atoms with Crippen molar-refractivity contribution >= 4 is 29.4 Å². The van der Waals surface area contributed by atoms with Gasteiger partial charge in [-0.25, -0.2) is 0 Å². The Morgan fingerprint density at radius 2 is 1.24 bits per heavy atom. The molecule has 1 nitrogen and oxygen atoms in total. The van der Waals surface area contributed by atoms with Crippen LogP contribution < -0.4 is 10.6 Å². The van der Waals surface area contributed by atoms with Gasteiger partial charge in [-0.1, -0.05) is 60.7 Å². The lowest BCUT2D eigenvalue weighted by Crippen LogP contribution is -2.14. The predicted octanol–water partition coefficient (Wildman–Crippen LogP) is 3.16. The summed E-state index contributed by atoms with van der Waals surface area (Å²) in [5, 5.41) is 3.68. The van der Waals surface area contributed by atoms with Crippen molar-refractivity contribution in [2.45, 2.75) is 0 Å². The van der Waals surface area contributed by atoms with Crippen LogP contribution in [0.25, 0.3) is 0 Å². The molecule has 84 valence electrons. The molecule has 0 atom stereocenters. The fraction of sp³-hybridized carbons (Fsp3) is 0. The van der Waals surface area contributed by atoms with Gasteiger partial charge in [-0.3, -0.25) is 4.57 Å². The number of benzene rings is 2. The van der Waals surface area contributed by atoms with E-state index in [2.05, 4.69) is 11.0 Å². The summed E-state index contributed by atoms with van der Waals surface area (Å²) in [6.07, 6.45) is 0. The van der Waals surface area contributed by atoms with Crippen LogP contribution >= 0.6 is 18.7 Å². The minimum Gasteiger partial charge on any atom is -0.300 e. The molecule has 0 amide bonds. The summed E-state index contributed by atoms with van der Waals surface area (Å²) in [6.45, 7) is 0. The van der Waals surface area contributed by atoms with Crippen molar-refractivity contribution in [2.75, 3.05) is 0 Å². The van der Waals surface area contributed by atoms with Gasteiger partial charge in [-0.2, -0.15) is 0 Å². The maximum absolute atomic E-state index is 13.0. The summed E-state index contributed by atoms with van der Waals surface area (Å²) in [5.74, 6) is 0. The normalized spacial score (nSPS) is 10.4. The van der Waals surface area contributed by atoms with Crippen molar-refractivity contribution in [3.05, 3.63) is 60.7 Å². The van der Waals surface area contributed by atoms with Crippen LogP contribution in [0.5, 0.6) is 0 Å². The monoisotopic (exact) mass is 260 g/mol. The molecule has 2 aromatic rings. The van der Waals surface area contributed by atoms with Gasteiger partial charge in [-0.05, 0) is 17.3 Å². The minimum atomic E-state index is -2.92. The Morgan fingerprint density at radius 1 is 0.824 bits per heavy atom. The van der Waals surface area contributed by atoms with Gasteiger partial charge in [0, 0.05) is 16.0 Å². The van der Waals surface area contributed by atoms with Crippen molar-refractivity contribution in [3.63, 3.8) is 0 Å². The Kier molecular flexibility index (Phi) is 3.69. The van der Waals surface area contributed by atoms with Crippen LogP contribution in [-0.4, -0.2) is 0 Å². The molecule has 2 rings (SSSR count). The number of rotatable bonds is 2. The van der Waals surface area contributed by atoms with Gasteiger partial charge in [0.1, 0.15) is 0 Å². The van der Waals surface area contributed by atoms with Crippen LogP contribution in [0.15, 0.2) is 60.7 Å². The fourth-order valence-corrected chi connectivity index (χ4v) is 3.83. The van der Waals surface area contributed by atoms with Crippen molar-refractivity contribution in [1.82, 2.24) is 0 Å². The van der Waals surface area contributed by atoms with Gasteiger partial charge in [0.25, 0.3) is 0 Å². The smallest absolute Gasteiger partial charge is 0.211 e. The lowest BCUT2D eigenvalue weighted by atomic mass is 10.4. The second-order valence-corrected chi connectivity index (χ2v) is 6.15. The van der Waals surface area contributed by atoms with E-state index in [1.54, 1.807) is 0 Å². The van der Waals surface area contributed by atoms with E-state index in [1.165, 1.54) is 0 Å². The molecule has 0 N–H and O–H groups in total. The fourth-order valence-electron chi connectivity index (χ4n) is 1.61. The number of hydrogen-bond acceptors (Lipinski definition) is 1. The van der Waals surface area contributed by atoms with Gasteiger partial charge in [-0.15, -0.1) is 0 Å². The van der Waals surface area contributed by atoms with Crippen LogP contribution in [0.4, 0.5) is 0 Å². The first-order valence-electron chi connectivity index (χ1n) is 5.11. The van der Waals surface area contributed by atoms with Crippen molar-refractivity contribution in [1.29, 1.82) is 0 Å². The molecule has 0 heterocycles. The lowest BCUT2D eigenvalue weighted by molar-refractivity contribution is 0.593. The molecule has 0 aliphatic carbocycles. The summed E-state index contributed by atoms with van der Waals surface area (Å²) in [4.78, 5) is 0. The molecular formula is C14H10ClOP. The van der Waals surface area contributed by atoms with Gasteiger partial charge in [0.15, 0.2) is 0 Å². The van der Waals surface area contributed by atoms with E-state index in [0.717, 1.165) is 0 Å².